The van der Waals surface area contributed by atoms with E-state index in [9.17, 15) is 4.79 Å². The summed E-state index contributed by atoms with van der Waals surface area (Å²) in [4.78, 5) is 14.9. The van der Waals surface area contributed by atoms with E-state index in [2.05, 4.69) is 10.2 Å². The summed E-state index contributed by atoms with van der Waals surface area (Å²) in [5, 5.41) is 3.09. The van der Waals surface area contributed by atoms with Gasteiger partial charge in [0.2, 0.25) is 5.91 Å². The fourth-order valence-corrected chi connectivity index (χ4v) is 4.48. The standard InChI is InChI=1S/C19H32N2O3/c22-18(20-13-15-1-2-15)17-3-6-19(24-17)7-9-21(10-8-19)14-16-4-11-23-12-5-16/h15-17H,1-14H2,(H,20,22)/t17-/m1/s1. The molecule has 3 aliphatic heterocycles. The van der Waals surface area contributed by atoms with Crippen molar-refractivity contribution >= 4 is 5.91 Å². The summed E-state index contributed by atoms with van der Waals surface area (Å²) in [6, 6.07) is 0. The van der Waals surface area contributed by atoms with Gasteiger partial charge in [-0.25, -0.2) is 0 Å². The van der Waals surface area contributed by atoms with E-state index in [1.165, 1.54) is 32.2 Å². The minimum Gasteiger partial charge on any atom is -0.381 e. The van der Waals surface area contributed by atoms with Crippen LogP contribution < -0.4 is 5.32 Å². The summed E-state index contributed by atoms with van der Waals surface area (Å²) in [7, 11) is 0. The quantitative estimate of drug-likeness (QED) is 0.834. The molecule has 4 aliphatic rings. The van der Waals surface area contributed by atoms with Gasteiger partial charge in [0.1, 0.15) is 6.10 Å². The first-order chi connectivity index (χ1) is 11.7. The number of hydrogen-bond donors (Lipinski definition) is 1. The number of likely N-dealkylation sites (tertiary alicyclic amines) is 1. The lowest BCUT2D eigenvalue weighted by Crippen LogP contribution is -2.47. The largest absolute Gasteiger partial charge is 0.381 e. The molecule has 1 atom stereocenters. The van der Waals surface area contributed by atoms with Crippen molar-refractivity contribution in [3.8, 4) is 0 Å². The maximum absolute atomic E-state index is 12.3. The first-order valence-corrected chi connectivity index (χ1v) is 9.98. The highest BCUT2D eigenvalue weighted by Crippen LogP contribution is 2.39. The van der Waals surface area contributed by atoms with E-state index < -0.39 is 0 Å². The zero-order chi connectivity index (χ0) is 16.4. The van der Waals surface area contributed by atoms with Gasteiger partial charge in [0.15, 0.2) is 0 Å². The van der Waals surface area contributed by atoms with E-state index in [0.717, 1.165) is 70.4 Å². The van der Waals surface area contributed by atoms with E-state index in [4.69, 9.17) is 9.47 Å². The average molecular weight is 336 g/mol. The van der Waals surface area contributed by atoms with Crippen molar-refractivity contribution < 1.29 is 14.3 Å². The van der Waals surface area contributed by atoms with Gasteiger partial charge in [0.05, 0.1) is 5.60 Å². The zero-order valence-electron chi connectivity index (χ0n) is 14.8. The molecule has 3 saturated heterocycles. The molecule has 24 heavy (non-hydrogen) atoms. The van der Waals surface area contributed by atoms with Crippen LogP contribution >= 0.6 is 0 Å². The Morgan fingerprint density at radius 3 is 2.46 bits per heavy atom. The van der Waals surface area contributed by atoms with Crippen LogP contribution in [0.3, 0.4) is 0 Å². The number of rotatable bonds is 5. The first kappa shape index (κ1) is 16.8. The van der Waals surface area contributed by atoms with Crippen molar-refractivity contribution in [3.63, 3.8) is 0 Å². The van der Waals surface area contributed by atoms with E-state index in [1.54, 1.807) is 0 Å². The van der Waals surface area contributed by atoms with Crippen LogP contribution in [-0.4, -0.2) is 61.9 Å². The molecule has 1 amide bonds. The molecule has 1 aliphatic carbocycles. The molecule has 3 heterocycles. The summed E-state index contributed by atoms with van der Waals surface area (Å²) < 4.78 is 11.7. The second kappa shape index (κ2) is 7.30. The van der Waals surface area contributed by atoms with Crippen LogP contribution in [0.5, 0.6) is 0 Å². The van der Waals surface area contributed by atoms with Gasteiger partial charge in [-0.1, -0.05) is 0 Å². The molecule has 0 aromatic rings. The Labute approximate surface area is 145 Å². The maximum Gasteiger partial charge on any atom is 0.249 e. The zero-order valence-corrected chi connectivity index (χ0v) is 14.8. The summed E-state index contributed by atoms with van der Waals surface area (Å²) in [6.45, 7) is 6.17. The lowest BCUT2D eigenvalue weighted by Gasteiger charge is -2.40. The Kier molecular flexibility index (Phi) is 5.11. The van der Waals surface area contributed by atoms with Crippen LogP contribution in [0.15, 0.2) is 0 Å². The third-order valence-corrected chi connectivity index (χ3v) is 6.43. The molecule has 0 bridgehead atoms. The fourth-order valence-electron chi connectivity index (χ4n) is 4.48. The molecule has 0 unspecified atom stereocenters. The molecule has 4 rings (SSSR count). The molecule has 0 radical (unpaired) electrons. The highest BCUT2D eigenvalue weighted by Gasteiger charge is 2.44. The first-order valence-electron chi connectivity index (χ1n) is 9.98. The molecule has 5 nitrogen and oxygen atoms in total. The Balaban J connectivity index is 1.20. The third-order valence-electron chi connectivity index (χ3n) is 6.43. The normalized spacial score (nSPS) is 31.4. The SMILES string of the molecule is O=C(NCC1CC1)[C@H]1CCC2(CCN(CC3CCOCC3)CC2)O1. The summed E-state index contributed by atoms with van der Waals surface area (Å²) in [5.74, 6) is 1.67. The summed E-state index contributed by atoms with van der Waals surface area (Å²) >= 11 is 0. The lowest BCUT2D eigenvalue weighted by molar-refractivity contribution is -0.141. The molecule has 4 fully saturated rings. The molecular formula is C19H32N2O3. The second-order valence-electron chi connectivity index (χ2n) is 8.37. The topological polar surface area (TPSA) is 50.8 Å². The molecule has 5 heteroatoms. The second-order valence-corrected chi connectivity index (χ2v) is 8.37. The Morgan fingerprint density at radius 2 is 1.75 bits per heavy atom. The highest BCUT2D eigenvalue weighted by molar-refractivity contribution is 5.81. The number of carbonyl (C=O) groups excluding carboxylic acids is 1. The van der Waals surface area contributed by atoms with Gasteiger partial charge >= 0.3 is 0 Å². The van der Waals surface area contributed by atoms with Gasteiger partial charge in [0, 0.05) is 39.4 Å². The molecule has 0 aromatic carbocycles. The minimum absolute atomic E-state index is 0.0201. The van der Waals surface area contributed by atoms with Crippen LogP contribution in [-0.2, 0) is 14.3 Å². The predicted molar refractivity (Wildman–Crippen MR) is 91.8 cm³/mol. The van der Waals surface area contributed by atoms with Crippen LogP contribution in [0.4, 0.5) is 0 Å². The minimum atomic E-state index is -0.203. The number of carbonyl (C=O) groups is 1. The number of ether oxygens (including phenoxy) is 2. The average Bonchev–Trinajstić information content (AvgIpc) is 3.36. The smallest absolute Gasteiger partial charge is 0.249 e. The van der Waals surface area contributed by atoms with Crippen molar-refractivity contribution in [1.29, 1.82) is 0 Å². The lowest BCUT2D eigenvalue weighted by atomic mass is 9.87. The van der Waals surface area contributed by atoms with Crippen LogP contribution in [0.25, 0.3) is 0 Å². The van der Waals surface area contributed by atoms with Crippen molar-refractivity contribution in [3.05, 3.63) is 0 Å². The Morgan fingerprint density at radius 1 is 1.00 bits per heavy atom. The van der Waals surface area contributed by atoms with E-state index >= 15 is 0 Å². The number of hydrogen-bond acceptors (Lipinski definition) is 4. The van der Waals surface area contributed by atoms with E-state index in [0.29, 0.717) is 0 Å². The molecule has 1 spiro atoms. The highest BCUT2D eigenvalue weighted by atomic mass is 16.5. The Hall–Kier alpha value is -0.650. The van der Waals surface area contributed by atoms with Gasteiger partial charge in [-0.15, -0.1) is 0 Å². The van der Waals surface area contributed by atoms with E-state index in [1.807, 2.05) is 0 Å². The molecular weight excluding hydrogens is 304 g/mol. The van der Waals surface area contributed by atoms with Crippen molar-refractivity contribution in [2.24, 2.45) is 11.8 Å². The predicted octanol–water partition coefficient (Wildman–Crippen LogP) is 1.95. The Bertz CT molecular complexity index is 438. The molecule has 1 N–H and O–H groups in total. The maximum atomic E-state index is 12.3. The fraction of sp³-hybridized carbons (Fsp3) is 0.947. The number of nitrogens with one attached hydrogen (secondary N) is 1. The summed E-state index contributed by atoms with van der Waals surface area (Å²) in [5.41, 5.74) is -0.0201. The third kappa shape index (κ3) is 4.12. The van der Waals surface area contributed by atoms with Crippen LogP contribution in [0.1, 0.15) is 51.4 Å². The van der Waals surface area contributed by atoms with Gasteiger partial charge < -0.3 is 19.7 Å². The monoisotopic (exact) mass is 336 g/mol. The number of amides is 1. The molecule has 136 valence electrons. The van der Waals surface area contributed by atoms with E-state index in [-0.39, 0.29) is 17.6 Å². The van der Waals surface area contributed by atoms with Crippen molar-refractivity contribution in [2.75, 3.05) is 39.4 Å². The molecule has 1 saturated carbocycles. The van der Waals surface area contributed by atoms with Crippen LogP contribution in [0, 0.1) is 11.8 Å². The van der Waals surface area contributed by atoms with Crippen molar-refractivity contribution in [1.82, 2.24) is 10.2 Å². The van der Waals surface area contributed by atoms with Gasteiger partial charge in [0.25, 0.3) is 0 Å². The number of nitrogens with zero attached hydrogens (tertiary/aromatic N) is 1. The molecule has 0 aromatic heterocycles. The van der Waals surface area contributed by atoms with Gasteiger partial charge in [-0.05, 0) is 63.2 Å². The van der Waals surface area contributed by atoms with Gasteiger partial charge in [-0.3, -0.25) is 4.79 Å². The van der Waals surface area contributed by atoms with Crippen LogP contribution in [0.2, 0.25) is 0 Å². The van der Waals surface area contributed by atoms with Crippen molar-refractivity contribution in [2.45, 2.75) is 63.1 Å². The summed E-state index contributed by atoms with van der Waals surface area (Å²) in [6.07, 6.45) is 8.90. The van der Waals surface area contributed by atoms with Gasteiger partial charge in [-0.2, -0.15) is 0 Å². The number of piperidine rings is 1.